The highest BCUT2D eigenvalue weighted by molar-refractivity contribution is 6.03. The van der Waals surface area contributed by atoms with Gasteiger partial charge in [-0.3, -0.25) is 4.79 Å². The number of rotatable bonds is 3. The van der Waals surface area contributed by atoms with Crippen molar-refractivity contribution in [3.63, 3.8) is 0 Å². The van der Waals surface area contributed by atoms with Crippen LogP contribution in [0, 0.1) is 13.8 Å². The van der Waals surface area contributed by atoms with E-state index < -0.39 is 5.91 Å². The van der Waals surface area contributed by atoms with Crippen molar-refractivity contribution in [2.75, 3.05) is 0 Å². The van der Waals surface area contributed by atoms with Gasteiger partial charge in [-0.25, -0.2) is 5.43 Å². The van der Waals surface area contributed by atoms with Gasteiger partial charge in [0.2, 0.25) is 0 Å². The Balaban J connectivity index is 1.84. The lowest BCUT2D eigenvalue weighted by atomic mass is 10.0. The van der Waals surface area contributed by atoms with Crippen LogP contribution in [0.1, 0.15) is 34.0 Å². The fraction of sp³-hybridized carbons (Fsp3) is 0.143. The molecule has 3 aromatic carbocycles. The van der Waals surface area contributed by atoms with Gasteiger partial charge in [0.1, 0.15) is 5.75 Å². The molecule has 4 nitrogen and oxygen atoms in total. The molecular formula is C21H20N2O2. The first-order valence-electron chi connectivity index (χ1n) is 8.10. The van der Waals surface area contributed by atoms with Gasteiger partial charge in [-0.2, -0.15) is 5.10 Å². The number of amides is 1. The zero-order valence-corrected chi connectivity index (χ0v) is 14.5. The quantitative estimate of drug-likeness (QED) is 0.554. The van der Waals surface area contributed by atoms with Gasteiger partial charge in [-0.1, -0.05) is 36.4 Å². The molecule has 0 bridgehead atoms. The van der Waals surface area contributed by atoms with Crippen LogP contribution in [-0.2, 0) is 0 Å². The predicted molar refractivity (Wildman–Crippen MR) is 101 cm³/mol. The van der Waals surface area contributed by atoms with E-state index in [-0.39, 0.29) is 11.3 Å². The normalized spacial score (nSPS) is 11.6. The largest absolute Gasteiger partial charge is 0.507 e. The van der Waals surface area contributed by atoms with Gasteiger partial charge in [0.15, 0.2) is 0 Å². The molecule has 3 aromatic rings. The molecule has 3 rings (SSSR count). The molecule has 0 saturated heterocycles. The van der Waals surface area contributed by atoms with Crippen LogP contribution in [0.3, 0.4) is 0 Å². The number of carbonyl (C=O) groups excluding carboxylic acids is 1. The van der Waals surface area contributed by atoms with Gasteiger partial charge in [-0.15, -0.1) is 0 Å². The smallest absolute Gasteiger partial charge is 0.275 e. The second-order valence-corrected chi connectivity index (χ2v) is 6.15. The highest BCUT2D eigenvalue weighted by atomic mass is 16.3. The van der Waals surface area contributed by atoms with Gasteiger partial charge in [0.05, 0.1) is 11.3 Å². The Morgan fingerprint density at radius 3 is 2.32 bits per heavy atom. The number of nitrogens with one attached hydrogen (secondary N) is 1. The molecule has 25 heavy (non-hydrogen) atoms. The second-order valence-electron chi connectivity index (χ2n) is 6.15. The van der Waals surface area contributed by atoms with Crippen LogP contribution in [0.4, 0.5) is 0 Å². The Morgan fingerprint density at radius 2 is 1.64 bits per heavy atom. The number of nitrogens with zero attached hydrogens (tertiary/aromatic N) is 1. The third-order valence-corrected chi connectivity index (χ3v) is 4.36. The second kappa shape index (κ2) is 6.77. The summed E-state index contributed by atoms with van der Waals surface area (Å²) in [5.41, 5.74) is 6.77. The average molecular weight is 332 g/mol. The topological polar surface area (TPSA) is 61.7 Å². The molecule has 0 aliphatic rings. The maximum Gasteiger partial charge on any atom is 0.275 e. The number of benzene rings is 3. The lowest BCUT2D eigenvalue weighted by molar-refractivity contribution is 0.0952. The van der Waals surface area contributed by atoms with E-state index in [9.17, 15) is 9.90 Å². The van der Waals surface area contributed by atoms with E-state index in [2.05, 4.69) is 17.5 Å². The van der Waals surface area contributed by atoms with Crippen LogP contribution in [0.15, 0.2) is 59.7 Å². The summed E-state index contributed by atoms with van der Waals surface area (Å²) in [5.74, 6) is -0.498. The van der Waals surface area contributed by atoms with E-state index in [0.29, 0.717) is 5.71 Å². The molecule has 0 heterocycles. The molecule has 0 fully saturated rings. The molecular weight excluding hydrogens is 312 g/mol. The van der Waals surface area contributed by atoms with Crippen molar-refractivity contribution in [1.82, 2.24) is 5.43 Å². The number of aryl methyl sites for hydroxylation is 2. The van der Waals surface area contributed by atoms with Crippen LogP contribution in [0.2, 0.25) is 0 Å². The summed E-state index contributed by atoms with van der Waals surface area (Å²) in [5, 5.41) is 16.1. The van der Waals surface area contributed by atoms with Gasteiger partial charge in [-0.05, 0) is 66.4 Å². The number of hydrazone groups is 1. The minimum Gasteiger partial charge on any atom is -0.507 e. The van der Waals surface area contributed by atoms with Crippen LogP contribution in [-0.4, -0.2) is 16.7 Å². The summed E-state index contributed by atoms with van der Waals surface area (Å²) in [6, 6.07) is 16.9. The standard InChI is InChI=1S/C21H20N2O2/c1-13-8-9-16(10-14(13)2)15(3)22-23-21(25)19-11-17-6-4-5-7-18(17)12-20(19)24/h4-12,24H,1-3H3,(H,23,25). The van der Waals surface area contributed by atoms with Crippen LogP contribution >= 0.6 is 0 Å². The first kappa shape index (κ1) is 16.7. The van der Waals surface area contributed by atoms with Gasteiger partial charge < -0.3 is 5.11 Å². The number of aromatic hydroxyl groups is 1. The monoisotopic (exact) mass is 332 g/mol. The molecule has 0 saturated carbocycles. The number of hydrogen-bond acceptors (Lipinski definition) is 3. The molecule has 0 spiro atoms. The SMILES string of the molecule is CC(=NNC(=O)c1cc2ccccc2cc1O)c1ccc(C)c(C)c1. The third kappa shape index (κ3) is 3.53. The minimum atomic E-state index is -0.438. The van der Waals surface area contributed by atoms with E-state index in [1.807, 2.05) is 56.3 Å². The van der Waals surface area contributed by atoms with Crippen molar-refractivity contribution in [1.29, 1.82) is 0 Å². The van der Waals surface area contributed by atoms with E-state index in [0.717, 1.165) is 16.3 Å². The lowest BCUT2D eigenvalue weighted by Gasteiger charge is -2.08. The molecule has 0 aliphatic heterocycles. The summed E-state index contributed by atoms with van der Waals surface area (Å²) < 4.78 is 0. The number of phenols is 1. The summed E-state index contributed by atoms with van der Waals surface area (Å²) in [6.45, 7) is 5.93. The molecule has 0 aromatic heterocycles. The van der Waals surface area contributed by atoms with Gasteiger partial charge in [0, 0.05) is 0 Å². The zero-order valence-electron chi connectivity index (χ0n) is 14.5. The zero-order chi connectivity index (χ0) is 18.0. The molecule has 0 radical (unpaired) electrons. The van der Waals surface area contributed by atoms with Crippen LogP contribution < -0.4 is 5.43 Å². The Kier molecular flexibility index (Phi) is 4.52. The Labute approximate surface area is 146 Å². The molecule has 0 unspecified atom stereocenters. The van der Waals surface area contributed by atoms with E-state index >= 15 is 0 Å². The third-order valence-electron chi connectivity index (χ3n) is 4.36. The molecule has 1 amide bonds. The Hall–Kier alpha value is -3.14. The van der Waals surface area contributed by atoms with E-state index in [1.54, 1.807) is 12.1 Å². The summed E-state index contributed by atoms with van der Waals surface area (Å²) in [4.78, 5) is 12.4. The fourth-order valence-corrected chi connectivity index (χ4v) is 2.64. The molecule has 2 N–H and O–H groups in total. The minimum absolute atomic E-state index is 0.0600. The number of fused-ring (bicyclic) bond motifs is 1. The van der Waals surface area contributed by atoms with E-state index in [1.165, 1.54) is 11.1 Å². The van der Waals surface area contributed by atoms with Crippen LogP contribution in [0.25, 0.3) is 10.8 Å². The van der Waals surface area contributed by atoms with Crippen molar-refractivity contribution in [3.05, 3.63) is 76.9 Å². The first-order valence-corrected chi connectivity index (χ1v) is 8.10. The van der Waals surface area contributed by atoms with Gasteiger partial charge >= 0.3 is 0 Å². The van der Waals surface area contributed by atoms with E-state index in [4.69, 9.17) is 0 Å². The summed E-state index contributed by atoms with van der Waals surface area (Å²) in [6.07, 6.45) is 0. The number of carbonyl (C=O) groups is 1. The number of phenolic OH excluding ortho intramolecular Hbond substituents is 1. The highest BCUT2D eigenvalue weighted by Gasteiger charge is 2.12. The fourth-order valence-electron chi connectivity index (χ4n) is 2.64. The predicted octanol–water partition coefficient (Wildman–Crippen LogP) is 4.32. The highest BCUT2D eigenvalue weighted by Crippen LogP contribution is 2.24. The Bertz CT molecular complexity index is 990. The first-order chi connectivity index (χ1) is 12.0. The van der Waals surface area contributed by atoms with Crippen molar-refractivity contribution in [2.45, 2.75) is 20.8 Å². The molecule has 4 heteroatoms. The van der Waals surface area contributed by atoms with Gasteiger partial charge in [0.25, 0.3) is 5.91 Å². The molecule has 0 atom stereocenters. The Morgan fingerprint density at radius 1 is 0.960 bits per heavy atom. The maximum absolute atomic E-state index is 12.4. The van der Waals surface area contributed by atoms with Crippen molar-refractivity contribution < 1.29 is 9.90 Å². The average Bonchev–Trinajstić information content (AvgIpc) is 2.61. The van der Waals surface area contributed by atoms with Crippen LogP contribution in [0.5, 0.6) is 5.75 Å². The van der Waals surface area contributed by atoms with Crippen molar-refractivity contribution in [2.24, 2.45) is 5.10 Å². The lowest BCUT2D eigenvalue weighted by Crippen LogP contribution is -2.19. The summed E-state index contributed by atoms with van der Waals surface area (Å²) >= 11 is 0. The van der Waals surface area contributed by atoms with Crippen molar-refractivity contribution >= 4 is 22.4 Å². The molecule has 0 aliphatic carbocycles. The summed E-state index contributed by atoms with van der Waals surface area (Å²) in [7, 11) is 0. The maximum atomic E-state index is 12.4. The number of hydrogen-bond donors (Lipinski definition) is 2. The van der Waals surface area contributed by atoms with Crippen molar-refractivity contribution in [3.8, 4) is 5.75 Å². The molecule has 126 valence electrons.